The number of nitrogens with one attached hydrogen (secondary N) is 1. The van der Waals surface area contributed by atoms with Crippen LogP contribution in [0.2, 0.25) is 0 Å². The van der Waals surface area contributed by atoms with Gasteiger partial charge in [0.15, 0.2) is 0 Å². The first-order valence-electron chi connectivity index (χ1n) is 14.6. The Morgan fingerprint density at radius 1 is 0.976 bits per heavy atom. The third-order valence-corrected chi connectivity index (χ3v) is 8.17. The zero-order valence-corrected chi connectivity index (χ0v) is 26.8. The van der Waals surface area contributed by atoms with E-state index in [1.807, 2.05) is 43.3 Å². The second kappa shape index (κ2) is 11.7. The lowest BCUT2D eigenvalue weighted by Gasteiger charge is -2.44. The molecule has 1 aliphatic rings. The van der Waals surface area contributed by atoms with Crippen LogP contribution in [0.5, 0.6) is 5.75 Å². The van der Waals surface area contributed by atoms with Crippen LogP contribution in [0.4, 0.5) is 4.79 Å². The van der Waals surface area contributed by atoms with Crippen molar-refractivity contribution in [1.29, 1.82) is 0 Å². The van der Waals surface area contributed by atoms with Gasteiger partial charge in [0.25, 0.3) is 0 Å². The summed E-state index contributed by atoms with van der Waals surface area (Å²) in [6.45, 7) is 20.4. The maximum atomic E-state index is 14.1. The predicted molar refractivity (Wildman–Crippen MR) is 163 cm³/mol. The minimum Gasteiger partial charge on any atom is -0.496 e. The van der Waals surface area contributed by atoms with Crippen molar-refractivity contribution < 1.29 is 24.2 Å². The van der Waals surface area contributed by atoms with E-state index in [1.165, 1.54) is 10.5 Å². The summed E-state index contributed by atoms with van der Waals surface area (Å²) in [6, 6.07) is 14.9. The van der Waals surface area contributed by atoms with Gasteiger partial charge in [-0.05, 0) is 55.2 Å². The molecule has 0 bridgehead atoms. The van der Waals surface area contributed by atoms with E-state index in [0.717, 1.165) is 16.9 Å². The predicted octanol–water partition coefficient (Wildman–Crippen LogP) is 7.34. The number of carbonyl (C=O) groups excluding carboxylic acids is 1. The highest BCUT2D eigenvalue weighted by molar-refractivity contribution is 5.87. The molecule has 1 amide bonds. The van der Waals surface area contributed by atoms with Crippen LogP contribution in [0.1, 0.15) is 98.4 Å². The average Bonchev–Trinajstić information content (AvgIpc) is 3.18. The largest absolute Gasteiger partial charge is 0.496 e. The average molecular weight is 567 g/mol. The van der Waals surface area contributed by atoms with Crippen molar-refractivity contribution in [2.75, 3.05) is 7.11 Å². The zero-order chi connectivity index (χ0) is 31.0. The topological polar surface area (TPSA) is 88.1 Å². The van der Waals surface area contributed by atoms with Crippen LogP contribution in [-0.2, 0) is 21.5 Å². The van der Waals surface area contributed by atoms with E-state index in [4.69, 9.17) is 9.47 Å². The lowest BCUT2D eigenvalue weighted by atomic mass is 9.65. The smallest absolute Gasteiger partial charge is 0.411 e. The Bertz CT molecular complexity index is 1220. The highest BCUT2D eigenvalue weighted by Gasteiger charge is 2.67. The van der Waals surface area contributed by atoms with Crippen molar-refractivity contribution in [2.24, 2.45) is 11.3 Å². The first kappa shape index (κ1) is 32.5. The monoisotopic (exact) mass is 566 g/mol. The number of likely N-dealkylation sites (tertiary alicyclic amines) is 1. The van der Waals surface area contributed by atoms with E-state index < -0.39 is 46.6 Å². The zero-order valence-electron chi connectivity index (χ0n) is 26.8. The molecule has 7 nitrogen and oxygen atoms in total. The van der Waals surface area contributed by atoms with E-state index in [-0.39, 0.29) is 11.8 Å². The van der Waals surface area contributed by atoms with Gasteiger partial charge in [0.1, 0.15) is 16.9 Å². The molecule has 2 aromatic carbocycles. The summed E-state index contributed by atoms with van der Waals surface area (Å²) in [5.74, 6) is -0.716. The normalized spacial score (nSPS) is 23.4. The molecule has 4 atom stereocenters. The van der Waals surface area contributed by atoms with Crippen LogP contribution in [0.25, 0.3) is 0 Å². The molecule has 3 rings (SSSR count). The van der Waals surface area contributed by atoms with E-state index in [1.54, 1.807) is 27.9 Å². The molecular formula is C34H50N2O5. The van der Waals surface area contributed by atoms with Gasteiger partial charge in [0.2, 0.25) is 0 Å². The van der Waals surface area contributed by atoms with Gasteiger partial charge in [0.05, 0.1) is 13.2 Å². The fraction of sp³-hybridized carbons (Fsp3) is 0.588. The SMILES string of the molecule is CC[C@@]1(C(=O)O)[C@@H](C(C)(C)C)[C@H](NCc2cc(C(C)(C)C)ccc2OC)[C@H](c2ccccc2)N1C(=O)OC(C)(C)C. The van der Waals surface area contributed by atoms with Crippen molar-refractivity contribution in [2.45, 2.75) is 111 Å². The van der Waals surface area contributed by atoms with Crippen LogP contribution in [0, 0.1) is 11.3 Å². The van der Waals surface area contributed by atoms with Gasteiger partial charge < -0.3 is 19.9 Å². The molecule has 1 aliphatic heterocycles. The van der Waals surface area contributed by atoms with Crippen LogP contribution in [-0.4, -0.2) is 46.4 Å². The molecule has 0 saturated carbocycles. The lowest BCUT2D eigenvalue weighted by molar-refractivity contribution is -0.155. The molecule has 2 N–H and O–H groups in total. The fourth-order valence-electron chi connectivity index (χ4n) is 6.51. The molecule has 7 heteroatoms. The second-order valence-corrected chi connectivity index (χ2v) is 14.3. The standard InChI is InChI=1S/C34H50N2O5/c1-12-34(29(37)38)28(32(5,6)7)26(35-21-23-20-24(31(2,3)4)18-19-25(23)40-11)27(22-16-14-13-15-17-22)36(34)30(39)41-33(8,9)10/h13-20,26-28,35H,12,21H2,1-11H3,(H,37,38)/t26-,27+,28-,34+/m1/s1. The van der Waals surface area contributed by atoms with Crippen LogP contribution in [0.15, 0.2) is 48.5 Å². The Balaban J connectivity index is 2.26. The number of hydrogen-bond acceptors (Lipinski definition) is 5. The maximum absolute atomic E-state index is 14.1. The molecule has 0 spiro atoms. The number of carboxylic acid groups (broad SMARTS) is 1. The summed E-state index contributed by atoms with van der Waals surface area (Å²) in [5, 5.41) is 14.7. The number of methoxy groups -OCH3 is 1. The van der Waals surface area contributed by atoms with E-state index in [9.17, 15) is 14.7 Å². The molecule has 1 heterocycles. The van der Waals surface area contributed by atoms with Crippen LogP contribution < -0.4 is 10.1 Å². The minimum absolute atomic E-state index is 0.0525. The molecule has 41 heavy (non-hydrogen) atoms. The van der Waals surface area contributed by atoms with Crippen molar-refractivity contribution in [1.82, 2.24) is 10.2 Å². The number of benzene rings is 2. The summed E-state index contributed by atoms with van der Waals surface area (Å²) < 4.78 is 11.6. The Hall–Kier alpha value is -3.06. The summed E-state index contributed by atoms with van der Waals surface area (Å²) in [6.07, 6.45) is -0.394. The van der Waals surface area contributed by atoms with Gasteiger partial charge in [-0.15, -0.1) is 0 Å². The molecule has 1 fully saturated rings. The summed E-state index contributed by atoms with van der Waals surface area (Å²) in [7, 11) is 1.66. The number of hydrogen-bond donors (Lipinski definition) is 2. The Morgan fingerprint density at radius 3 is 2.05 bits per heavy atom. The summed E-state index contributed by atoms with van der Waals surface area (Å²) >= 11 is 0. The first-order chi connectivity index (χ1) is 18.9. The van der Waals surface area contributed by atoms with Crippen molar-refractivity contribution in [3.05, 3.63) is 65.2 Å². The number of nitrogens with zero attached hydrogens (tertiary/aromatic N) is 1. The van der Waals surface area contributed by atoms with E-state index in [2.05, 4.69) is 59.0 Å². The lowest BCUT2D eigenvalue weighted by Crippen LogP contribution is -2.60. The Kier molecular flexibility index (Phi) is 9.24. The maximum Gasteiger partial charge on any atom is 0.411 e. The van der Waals surface area contributed by atoms with Gasteiger partial charge in [-0.25, -0.2) is 9.59 Å². The first-order valence-corrected chi connectivity index (χ1v) is 14.6. The van der Waals surface area contributed by atoms with Crippen molar-refractivity contribution in [3.63, 3.8) is 0 Å². The quantitative estimate of drug-likeness (QED) is 0.365. The van der Waals surface area contributed by atoms with Crippen LogP contribution in [0.3, 0.4) is 0 Å². The number of rotatable bonds is 7. The Labute approximate surface area is 246 Å². The molecule has 1 saturated heterocycles. The molecule has 0 unspecified atom stereocenters. The number of carbonyl (C=O) groups is 2. The van der Waals surface area contributed by atoms with Crippen LogP contribution >= 0.6 is 0 Å². The minimum atomic E-state index is -1.50. The molecule has 2 aromatic rings. The van der Waals surface area contributed by atoms with Gasteiger partial charge in [-0.3, -0.25) is 4.90 Å². The second-order valence-electron chi connectivity index (χ2n) is 14.3. The molecule has 226 valence electrons. The van der Waals surface area contributed by atoms with Gasteiger partial charge in [-0.2, -0.15) is 0 Å². The van der Waals surface area contributed by atoms with Gasteiger partial charge in [0, 0.05) is 24.1 Å². The van der Waals surface area contributed by atoms with E-state index in [0.29, 0.717) is 6.54 Å². The molecule has 0 aromatic heterocycles. The Morgan fingerprint density at radius 2 is 1.59 bits per heavy atom. The molecular weight excluding hydrogens is 516 g/mol. The van der Waals surface area contributed by atoms with E-state index >= 15 is 0 Å². The third kappa shape index (κ3) is 6.56. The summed E-state index contributed by atoms with van der Waals surface area (Å²) in [5.41, 5.74) is 0.189. The summed E-state index contributed by atoms with van der Waals surface area (Å²) in [4.78, 5) is 29.0. The number of aliphatic carboxylic acids is 1. The van der Waals surface area contributed by atoms with Gasteiger partial charge in [-0.1, -0.05) is 90.9 Å². The van der Waals surface area contributed by atoms with Crippen molar-refractivity contribution in [3.8, 4) is 5.75 Å². The van der Waals surface area contributed by atoms with Gasteiger partial charge >= 0.3 is 12.1 Å². The van der Waals surface area contributed by atoms with Crippen molar-refractivity contribution >= 4 is 12.1 Å². The number of ether oxygens (including phenoxy) is 2. The number of carboxylic acids is 1. The molecule has 0 aliphatic carbocycles. The fourth-order valence-corrected chi connectivity index (χ4v) is 6.51. The highest BCUT2D eigenvalue weighted by Crippen LogP contribution is 2.55. The highest BCUT2D eigenvalue weighted by atomic mass is 16.6. The third-order valence-electron chi connectivity index (χ3n) is 8.17. The number of amides is 1. The molecule has 0 radical (unpaired) electrons.